The van der Waals surface area contributed by atoms with E-state index in [-0.39, 0.29) is 6.15 Å². The van der Waals surface area contributed by atoms with Crippen molar-refractivity contribution in [3.8, 4) is 0 Å². The molecule has 1 aliphatic carbocycles. The summed E-state index contributed by atoms with van der Waals surface area (Å²) in [4.78, 5) is 2.26. The Morgan fingerprint density at radius 2 is 1.60 bits per heavy atom. The molecule has 0 aromatic rings. The van der Waals surface area contributed by atoms with Crippen molar-refractivity contribution in [2.75, 3.05) is 20.6 Å². The van der Waals surface area contributed by atoms with Crippen LogP contribution >= 0.6 is 0 Å². The molecule has 2 nitrogen and oxygen atoms in total. The molecule has 0 heterocycles. The molecule has 0 amide bonds. The molecule has 0 unspecified atom stereocenters. The normalized spacial score (nSPS) is 15.3. The lowest BCUT2D eigenvalue weighted by molar-refractivity contribution is 0.389. The van der Waals surface area contributed by atoms with Gasteiger partial charge in [-0.3, -0.25) is 0 Å². The summed E-state index contributed by atoms with van der Waals surface area (Å²) in [6.45, 7) is 5.31. The Balaban J connectivity index is 0. The molecular formula is C8H22N2. The van der Waals surface area contributed by atoms with Crippen molar-refractivity contribution in [1.29, 1.82) is 0 Å². The van der Waals surface area contributed by atoms with Crippen molar-refractivity contribution in [2.24, 2.45) is 5.92 Å². The molecule has 0 radical (unpaired) electrons. The third-order valence-corrected chi connectivity index (χ3v) is 1.32. The summed E-state index contributed by atoms with van der Waals surface area (Å²) >= 11 is 0. The van der Waals surface area contributed by atoms with E-state index in [4.69, 9.17) is 0 Å². The van der Waals surface area contributed by atoms with Crippen LogP contribution in [0.5, 0.6) is 0 Å². The predicted octanol–water partition coefficient (Wildman–Crippen LogP) is 2.15. The van der Waals surface area contributed by atoms with E-state index in [1.54, 1.807) is 0 Å². The molecule has 2 heteroatoms. The SMILES string of the molecule is CC.CN(C)CC1CC1.N. The second-order valence-electron chi connectivity index (χ2n) is 2.71. The number of hydrogen-bond donors (Lipinski definition) is 1. The maximum atomic E-state index is 2.26. The van der Waals surface area contributed by atoms with Gasteiger partial charge in [-0.2, -0.15) is 0 Å². The molecule has 64 valence electrons. The van der Waals surface area contributed by atoms with Gasteiger partial charge in [0.25, 0.3) is 0 Å². The number of nitrogens with zero attached hydrogens (tertiary/aromatic N) is 1. The Kier molecular flexibility index (Phi) is 8.85. The van der Waals surface area contributed by atoms with Gasteiger partial charge in [-0.05, 0) is 32.9 Å². The molecule has 3 N–H and O–H groups in total. The highest BCUT2D eigenvalue weighted by molar-refractivity contribution is 4.74. The molecule has 1 saturated carbocycles. The summed E-state index contributed by atoms with van der Waals surface area (Å²) in [7, 11) is 4.27. The zero-order valence-electron chi connectivity index (χ0n) is 7.85. The lowest BCUT2D eigenvalue weighted by Gasteiger charge is -2.05. The molecule has 0 spiro atoms. The largest absolute Gasteiger partial charge is 0.344 e. The summed E-state index contributed by atoms with van der Waals surface area (Å²) in [5.74, 6) is 1.05. The van der Waals surface area contributed by atoms with Crippen LogP contribution in [0.25, 0.3) is 0 Å². The van der Waals surface area contributed by atoms with Crippen molar-refractivity contribution < 1.29 is 0 Å². The Bertz CT molecular complexity index is 58.3. The lowest BCUT2D eigenvalue weighted by atomic mass is 10.4. The van der Waals surface area contributed by atoms with Gasteiger partial charge in [0.15, 0.2) is 0 Å². The molecule has 1 fully saturated rings. The fourth-order valence-electron chi connectivity index (χ4n) is 0.817. The first-order valence-corrected chi connectivity index (χ1v) is 3.94. The van der Waals surface area contributed by atoms with Crippen LogP contribution in [0.1, 0.15) is 26.7 Å². The molecule has 10 heavy (non-hydrogen) atoms. The molecule has 1 aliphatic rings. The van der Waals surface area contributed by atoms with E-state index in [0.29, 0.717) is 0 Å². The first-order valence-electron chi connectivity index (χ1n) is 3.94. The zero-order chi connectivity index (χ0) is 7.28. The Hall–Kier alpha value is -0.0800. The predicted molar refractivity (Wildman–Crippen MR) is 47.6 cm³/mol. The van der Waals surface area contributed by atoms with E-state index in [2.05, 4.69) is 19.0 Å². The van der Waals surface area contributed by atoms with Crippen LogP contribution in [-0.4, -0.2) is 25.5 Å². The van der Waals surface area contributed by atoms with E-state index >= 15 is 0 Å². The van der Waals surface area contributed by atoms with Gasteiger partial charge in [-0.25, -0.2) is 0 Å². The van der Waals surface area contributed by atoms with Crippen LogP contribution < -0.4 is 6.15 Å². The molecule has 1 rings (SSSR count). The van der Waals surface area contributed by atoms with Gasteiger partial charge >= 0.3 is 0 Å². The van der Waals surface area contributed by atoms with Crippen LogP contribution in [-0.2, 0) is 0 Å². The van der Waals surface area contributed by atoms with Gasteiger partial charge in [0.2, 0.25) is 0 Å². The monoisotopic (exact) mass is 146 g/mol. The number of hydrogen-bond acceptors (Lipinski definition) is 2. The zero-order valence-corrected chi connectivity index (χ0v) is 7.85. The van der Waals surface area contributed by atoms with Crippen LogP contribution in [0, 0.1) is 5.92 Å². The highest BCUT2D eigenvalue weighted by atomic mass is 15.1. The highest BCUT2D eigenvalue weighted by Gasteiger charge is 2.20. The van der Waals surface area contributed by atoms with Gasteiger partial charge in [-0.1, -0.05) is 13.8 Å². The molecule has 0 aromatic heterocycles. The highest BCUT2D eigenvalue weighted by Crippen LogP contribution is 2.28. The third-order valence-electron chi connectivity index (χ3n) is 1.32. The summed E-state index contributed by atoms with van der Waals surface area (Å²) < 4.78 is 0. The molecule has 0 aromatic carbocycles. The van der Waals surface area contributed by atoms with Gasteiger partial charge in [0, 0.05) is 6.54 Å². The van der Waals surface area contributed by atoms with Gasteiger partial charge in [-0.15, -0.1) is 0 Å². The smallest absolute Gasteiger partial charge is 0.000356 e. The van der Waals surface area contributed by atoms with Gasteiger partial charge in [0.05, 0.1) is 0 Å². The number of rotatable bonds is 2. The molecule has 0 bridgehead atoms. The van der Waals surface area contributed by atoms with E-state index < -0.39 is 0 Å². The Morgan fingerprint density at radius 1 is 1.20 bits per heavy atom. The molecule has 0 aliphatic heterocycles. The molecule has 0 saturated heterocycles. The van der Waals surface area contributed by atoms with Gasteiger partial charge < -0.3 is 11.1 Å². The summed E-state index contributed by atoms with van der Waals surface area (Å²) in [6.07, 6.45) is 2.94. The standard InChI is InChI=1S/C6H13N.C2H6.H3N/c1-7(2)5-6-3-4-6;1-2;/h6H,3-5H2,1-2H3;1-2H3;1H3. The quantitative estimate of drug-likeness (QED) is 0.648. The maximum Gasteiger partial charge on any atom is 0.000356 e. The fraction of sp³-hybridized carbons (Fsp3) is 1.00. The Labute approximate surface area is 65.2 Å². The van der Waals surface area contributed by atoms with E-state index in [9.17, 15) is 0 Å². The van der Waals surface area contributed by atoms with Crippen LogP contribution in [0.15, 0.2) is 0 Å². The maximum absolute atomic E-state index is 2.26. The van der Waals surface area contributed by atoms with Crippen LogP contribution in [0.2, 0.25) is 0 Å². The van der Waals surface area contributed by atoms with Crippen LogP contribution in [0.4, 0.5) is 0 Å². The fourth-order valence-corrected chi connectivity index (χ4v) is 0.817. The second kappa shape index (κ2) is 7.03. The Morgan fingerprint density at radius 3 is 1.70 bits per heavy atom. The van der Waals surface area contributed by atoms with Gasteiger partial charge in [0.1, 0.15) is 0 Å². The summed E-state index contributed by atoms with van der Waals surface area (Å²) in [6, 6.07) is 0. The molecule has 0 atom stereocenters. The van der Waals surface area contributed by atoms with Crippen LogP contribution in [0.3, 0.4) is 0 Å². The minimum atomic E-state index is 0. The lowest BCUT2D eigenvalue weighted by Crippen LogP contribution is -2.14. The third kappa shape index (κ3) is 7.92. The van der Waals surface area contributed by atoms with Crippen molar-refractivity contribution >= 4 is 0 Å². The first kappa shape index (κ1) is 12.6. The summed E-state index contributed by atoms with van der Waals surface area (Å²) in [5.41, 5.74) is 0. The van der Waals surface area contributed by atoms with E-state index in [0.717, 1.165) is 5.92 Å². The van der Waals surface area contributed by atoms with E-state index in [1.165, 1.54) is 19.4 Å². The van der Waals surface area contributed by atoms with Crippen molar-refractivity contribution in [1.82, 2.24) is 11.1 Å². The second-order valence-corrected chi connectivity index (χ2v) is 2.71. The van der Waals surface area contributed by atoms with Crippen molar-refractivity contribution in [3.63, 3.8) is 0 Å². The average Bonchev–Trinajstić information content (AvgIpc) is 2.55. The minimum absolute atomic E-state index is 0. The summed E-state index contributed by atoms with van der Waals surface area (Å²) in [5, 5.41) is 0. The van der Waals surface area contributed by atoms with Crippen molar-refractivity contribution in [3.05, 3.63) is 0 Å². The van der Waals surface area contributed by atoms with Crippen molar-refractivity contribution in [2.45, 2.75) is 26.7 Å². The average molecular weight is 146 g/mol. The minimum Gasteiger partial charge on any atom is -0.344 e. The first-order chi connectivity index (χ1) is 4.29. The molecular weight excluding hydrogens is 124 g/mol. The van der Waals surface area contributed by atoms with E-state index in [1.807, 2.05) is 13.8 Å². The topological polar surface area (TPSA) is 38.2 Å².